The van der Waals surface area contributed by atoms with Crippen molar-refractivity contribution in [1.82, 2.24) is 0 Å². The molecule has 3 heteroatoms. The largest absolute Gasteiger partial charge is 0.490 e. The Hall–Kier alpha value is -2.16. The van der Waals surface area contributed by atoms with Gasteiger partial charge in [-0.15, -0.1) is 0 Å². The molecule has 18 heavy (non-hydrogen) atoms. The van der Waals surface area contributed by atoms with Crippen molar-refractivity contribution >= 4 is 5.69 Å². The van der Waals surface area contributed by atoms with Gasteiger partial charge in [0, 0.05) is 5.69 Å². The minimum Gasteiger partial charge on any atom is -0.490 e. The van der Waals surface area contributed by atoms with Crippen molar-refractivity contribution in [2.45, 2.75) is 6.92 Å². The van der Waals surface area contributed by atoms with Gasteiger partial charge in [-0.05, 0) is 43.3 Å². The van der Waals surface area contributed by atoms with Crippen molar-refractivity contribution < 1.29 is 9.47 Å². The molecule has 1 radical (unpaired) electrons. The van der Waals surface area contributed by atoms with E-state index in [2.05, 4.69) is 0 Å². The minimum atomic E-state index is 0.387. The molecule has 0 saturated heterocycles. The molecule has 2 N–H and O–H groups in total. The van der Waals surface area contributed by atoms with Gasteiger partial charge < -0.3 is 15.2 Å². The van der Waals surface area contributed by atoms with Crippen LogP contribution in [0.15, 0.2) is 48.5 Å². The first-order valence-electron chi connectivity index (χ1n) is 5.77. The number of hydrogen-bond donors (Lipinski definition) is 1. The highest BCUT2D eigenvalue weighted by atomic mass is 16.5. The first-order valence-corrected chi connectivity index (χ1v) is 5.77. The van der Waals surface area contributed by atoms with E-state index < -0.39 is 0 Å². The third-order valence-electron chi connectivity index (χ3n) is 2.44. The average molecular weight is 242 g/mol. The zero-order valence-electron chi connectivity index (χ0n) is 10.3. The number of rotatable bonds is 5. The molecule has 0 aliphatic rings. The van der Waals surface area contributed by atoms with Gasteiger partial charge >= 0.3 is 0 Å². The number of nitrogen functional groups attached to an aromatic ring is 1. The van der Waals surface area contributed by atoms with Crippen molar-refractivity contribution in [3.63, 3.8) is 0 Å². The van der Waals surface area contributed by atoms with Gasteiger partial charge in [0.15, 0.2) is 6.61 Å². The fraction of sp³-hybridized carbons (Fsp3) is 0.133. The van der Waals surface area contributed by atoms with Crippen LogP contribution in [0, 0.1) is 13.5 Å². The van der Waals surface area contributed by atoms with Gasteiger partial charge in [-0.1, -0.05) is 17.7 Å². The molecule has 0 amide bonds. The van der Waals surface area contributed by atoms with Crippen molar-refractivity contribution in [1.29, 1.82) is 0 Å². The minimum absolute atomic E-state index is 0.387. The van der Waals surface area contributed by atoms with E-state index in [9.17, 15) is 0 Å². The summed E-state index contributed by atoms with van der Waals surface area (Å²) in [6, 6.07) is 15.1. The summed E-state index contributed by atoms with van der Waals surface area (Å²) in [5, 5.41) is 0. The molecule has 0 saturated carbocycles. The van der Waals surface area contributed by atoms with Crippen LogP contribution in [-0.4, -0.2) is 6.61 Å². The highest BCUT2D eigenvalue weighted by Gasteiger charge is 1.96. The molecule has 0 heterocycles. The number of ether oxygens (including phenoxy) is 2. The lowest BCUT2D eigenvalue weighted by Crippen LogP contribution is -2.03. The summed E-state index contributed by atoms with van der Waals surface area (Å²) in [5.74, 6) is 1.58. The molecular weight excluding hydrogens is 226 g/mol. The molecular formula is C15H16NO2. The second-order valence-electron chi connectivity index (χ2n) is 3.98. The van der Waals surface area contributed by atoms with Crippen LogP contribution in [0.4, 0.5) is 5.69 Å². The molecule has 0 fully saturated rings. The van der Waals surface area contributed by atoms with Crippen molar-refractivity contribution in [3.8, 4) is 11.5 Å². The lowest BCUT2D eigenvalue weighted by molar-refractivity contribution is 0.272. The monoisotopic (exact) mass is 242 g/mol. The summed E-state index contributed by atoms with van der Waals surface area (Å²) < 4.78 is 10.9. The van der Waals surface area contributed by atoms with E-state index in [0.29, 0.717) is 6.61 Å². The molecule has 0 unspecified atom stereocenters. The lowest BCUT2D eigenvalue weighted by Gasteiger charge is -2.07. The molecule has 0 atom stereocenters. The topological polar surface area (TPSA) is 44.5 Å². The van der Waals surface area contributed by atoms with E-state index in [1.807, 2.05) is 43.3 Å². The van der Waals surface area contributed by atoms with Crippen LogP contribution < -0.4 is 15.2 Å². The van der Waals surface area contributed by atoms with E-state index >= 15 is 0 Å². The van der Waals surface area contributed by atoms with Crippen molar-refractivity contribution in [2.24, 2.45) is 0 Å². The van der Waals surface area contributed by atoms with Crippen LogP contribution in [0.3, 0.4) is 0 Å². The first-order chi connectivity index (χ1) is 8.74. The van der Waals surface area contributed by atoms with Gasteiger partial charge in [-0.25, -0.2) is 0 Å². The highest BCUT2D eigenvalue weighted by molar-refractivity contribution is 5.41. The van der Waals surface area contributed by atoms with Gasteiger partial charge in [-0.2, -0.15) is 0 Å². The van der Waals surface area contributed by atoms with E-state index in [4.69, 9.17) is 15.2 Å². The Morgan fingerprint density at radius 3 is 2.22 bits per heavy atom. The lowest BCUT2D eigenvalue weighted by atomic mass is 10.2. The Bertz CT molecular complexity index is 429. The maximum Gasteiger partial charge on any atom is 0.172 e. The molecule has 0 bridgehead atoms. The molecule has 0 aromatic heterocycles. The summed E-state index contributed by atoms with van der Waals surface area (Å²) in [7, 11) is 0. The molecule has 2 aromatic carbocycles. The zero-order chi connectivity index (χ0) is 12.8. The fourth-order valence-corrected chi connectivity index (χ4v) is 1.44. The van der Waals surface area contributed by atoms with Gasteiger partial charge in [0.25, 0.3) is 0 Å². The summed E-state index contributed by atoms with van der Waals surface area (Å²) in [6.07, 6.45) is 0. The Labute approximate surface area is 107 Å². The van der Waals surface area contributed by atoms with Gasteiger partial charge in [-0.3, -0.25) is 0 Å². The maximum atomic E-state index is 5.58. The zero-order valence-corrected chi connectivity index (χ0v) is 10.3. The second-order valence-corrected chi connectivity index (χ2v) is 3.98. The summed E-state index contributed by atoms with van der Waals surface area (Å²) in [4.78, 5) is 0. The molecule has 93 valence electrons. The average Bonchev–Trinajstić information content (AvgIpc) is 2.39. The molecule has 2 aromatic rings. The first kappa shape index (κ1) is 12.3. The summed E-state index contributed by atoms with van der Waals surface area (Å²) in [5.41, 5.74) is 7.51. The molecule has 3 nitrogen and oxygen atoms in total. The molecule has 2 rings (SSSR count). The Kier molecular flexibility index (Phi) is 4.07. The predicted octanol–water partition coefficient (Wildman–Crippen LogP) is 3.20. The third-order valence-corrected chi connectivity index (χ3v) is 2.44. The van der Waals surface area contributed by atoms with Gasteiger partial charge in [0.1, 0.15) is 18.1 Å². The maximum absolute atomic E-state index is 5.58. The smallest absolute Gasteiger partial charge is 0.172 e. The number of anilines is 1. The summed E-state index contributed by atoms with van der Waals surface area (Å²) >= 11 is 0. The van der Waals surface area contributed by atoms with Gasteiger partial charge in [0.2, 0.25) is 0 Å². The van der Waals surface area contributed by atoms with Gasteiger partial charge in [0.05, 0.1) is 0 Å². The predicted molar refractivity (Wildman–Crippen MR) is 72.5 cm³/mol. The Morgan fingerprint density at radius 2 is 1.56 bits per heavy atom. The normalized spacial score (nSPS) is 10.1. The Balaban J connectivity index is 1.73. The fourth-order valence-electron chi connectivity index (χ4n) is 1.44. The number of benzene rings is 2. The van der Waals surface area contributed by atoms with Crippen molar-refractivity contribution in [2.75, 3.05) is 12.3 Å². The number of hydrogen-bond acceptors (Lipinski definition) is 3. The highest BCUT2D eigenvalue weighted by Crippen LogP contribution is 2.15. The van der Waals surface area contributed by atoms with Crippen molar-refractivity contribution in [3.05, 3.63) is 60.7 Å². The number of aryl methyl sites for hydroxylation is 1. The van der Waals surface area contributed by atoms with Crippen LogP contribution in [0.2, 0.25) is 0 Å². The van der Waals surface area contributed by atoms with Crippen LogP contribution in [0.1, 0.15) is 5.56 Å². The molecule has 0 aliphatic heterocycles. The van der Waals surface area contributed by atoms with Crippen LogP contribution in [-0.2, 0) is 0 Å². The molecule has 0 spiro atoms. The van der Waals surface area contributed by atoms with E-state index in [-0.39, 0.29) is 0 Å². The Morgan fingerprint density at radius 1 is 0.944 bits per heavy atom. The van der Waals surface area contributed by atoms with Crippen LogP contribution in [0.25, 0.3) is 0 Å². The quantitative estimate of drug-likeness (QED) is 0.647. The van der Waals surface area contributed by atoms with E-state index in [1.54, 1.807) is 18.7 Å². The number of nitrogens with two attached hydrogens (primary N) is 1. The standard InChI is InChI=1S/C15H16NO2/c1-12-2-6-14(7-3-12)17-10-11-18-15-8-4-13(16)5-9-15/h2-10H,11,16H2,1H3. The summed E-state index contributed by atoms with van der Waals surface area (Å²) in [6.45, 7) is 4.05. The third kappa shape index (κ3) is 3.70. The van der Waals surface area contributed by atoms with E-state index in [0.717, 1.165) is 17.2 Å². The SMILES string of the molecule is Cc1ccc(O[CH]COc2ccc(N)cc2)cc1. The second kappa shape index (κ2) is 5.96. The van der Waals surface area contributed by atoms with Crippen LogP contribution in [0.5, 0.6) is 11.5 Å². The van der Waals surface area contributed by atoms with Crippen LogP contribution >= 0.6 is 0 Å². The molecule has 0 aliphatic carbocycles. The van der Waals surface area contributed by atoms with E-state index in [1.165, 1.54) is 5.56 Å².